The second-order valence-electron chi connectivity index (χ2n) is 8.21. The smallest absolute Gasteiger partial charge is 0.254 e. The second-order valence-corrected chi connectivity index (χ2v) is 8.21. The lowest BCUT2D eigenvalue weighted by molar-refractivity contribution is -0.136. The first kappa shape index (κ1) is 20.1. The number of benzene rings is 3. The zero-order valence-corrected chi connectivity index (χ0v) is 17.7. The third-order valence-corrected chi connectivity index (χ3v) is 6.20. The first-order valence-electron chi connectivity index (χ1n) is 10.6. The molecule has 1 saturated heterocycles. The Labute approximate surface area is 178 Å². The molecule has 0 bridgehead atoms. The molecule has 0 atom stereocenters. The van der Waals surface area contributed by atoms with Crippen molar-refractivity contribution in [1.29, 1.82) is 0 Å². The fourth-order valence-corrected chi connectivity index (χ4v) is 4.34. The van der Waals surface area contributed by atoms with Crippen LogP contribution < -0.4 is 0 Å². The fourth-order valence-electron chi connectivity index (χ4n) is 4.34. The van der Waals surface area contributed by atoms with Gasteiger partial charge in [-0.3, -0.25) is 9.59 Å². The molecule has 0 aliphatic carbocycles. The minimum Gasteiger partial charge on any atom is -0.341 e. The van der Waals surface area contributed by atoms with Crippen LogP contribution >= 0.6 is 0 Å². The number of fused-ring (bicyclic) bond motifs is 1. The Balaban J connectivity index is 1.39. The van der Waals surface area contributed by atoms with E-state index in [1.54, 1.807) is 0 Å². The maximum atomic E-state index is 13.1. The Morgan fingerprint density at radius 2 is 1.60 bits per heavy atom. The highest BCUT2D eigenvalue weighted by molar-refractivity contribution is 6.07. The molecule has 4 nitrogen and oxygen atoms in total. The molecule has 0 N–H and O–H groups in total. The summed E-state index contributed by atoms with van der Waals surface area (Å²) in [6, 6.07) is 22.0. The molecule has 4 rings (SSSR count). The molecule has 2 amide bonds. The topological polar surface area (TPSA) is 40.6 Å². The number of aryl methyl sites for hydroxylation is 1. The van der Waals surface area contributed by atoms with Crippen LogP contribution in [0.3, 0.4) is 0 Å². The number of hydrogen-bond acceptors (Lipinski definition) is 2. The van der Waals surface area contributed by atoms with Crippen molar-refractivity contribution >= 4 is 22.6 Å². The average Bonchev–Trinajstić information content (AvgIpc) is 2.79. The molecule has 0 aromatic heterocycles. The van der Waals surface area contributed by atoms with Crippen molar-refractivity contribution in [2.45, 2.75) is 26.3 Å². The Hall–Kier alpha value is -3.14. The van der Waals surface area contributed by atoms with Gasteiger partial charge in [-0.15, -0.1) is 0 Å². The maximum absolute atomic E-state index is 13.1. The Morgan fingerprint density at radius 3 is 2.37 bits per heavy atom. The summed E-state index contributed by atoms with van der Waals surface area (Å²) in [6.45, 7) is 3.94. The van der Waals surface area contributed by atoms with Crippen molar-refractivity contribution in [2.24, 2.45) is 5.92 Å². The minimum atomic E-state index is -0.0180. The van der Waals surface area contributed by atoms with Crippen LogP contribution in [0.25, 0.3) is 10.8 Å². The molecule has 154 valence electrons. The number of likely N-dealkylation sites (tertiary alicyclic amines) is 1. The highest BCUT2D eigenvalue weighted by atomic mass is 16.2. The van der Waals surface area contributed by atoms with E-state index in [1.165, 1.54) is 11.1 Å². The second kappa shape index (κ2) is 8.70. The van der Waals surface area contributed by atoms with Gasteiger partial charge >= 0.3 is 0 Å². The Morgan fingerprint density at radius 1 is 0.933 bits per heavy atom. The molecule has 4 heteroatoms. The van der Waals surface area contributed by atoms with E-state index in [9.17, 15) is 9.59 Å². The molecule has 1 aliphatic heterocycles. The van der Waals surface area contributed by atoms with Gasteiger partial charge in [0.1, 0.15) is 0 Å². The van der Waals surface area contributed by atoms with Crippen LogP contribution in [0, 0.1) is 12.8 Å². The molecule has 3 aromatic rings. The fraction of sp³-hybridized carbons (Fsp3) is 0.308. The minimum absolute atomic E-state index is 0.0180. The molecule has 30 heavy (non-hydrogen) atoms. The van der Waals surface area contributed by atoms with E-state index in [4.69, 9.17) is 0 Å². The van der Waals surface area contributed by atoms with Crippen molar-refractivity contribution in [2.75, 3.05) is 20.1 Å². The van der Waals surface area contributed by atoms with Crippen LogP contribution in [0.1, 0.15) is 34.3 Å². The Bertz CT molecular complexity index is 1060. The number of carbonyl (C=O) groups excluding carboxylic acids is 2. The molecule has 1 fully saturated rings. The SMILES string of the molecule is Cc1ccccc1CN(C)C(=O)C1CCN(C(=O)c2cccc3ccccc23)CC1. The van der Waals surface area contributed by atoms with Gasteiger partial charge in [0.25, 0.3) is 5.91 Å². The quantitative estimate of drug-likeness (QED) is 0.639. The summed E-state index contributed by atoms with van der Waals surface area (Å²) in [6.07, 6.45) is 1.43. The van der Waals surface area contributed by atoms with Crippen LogP contribution in [0.2, 0.25) is 0 Å². The molecular weight excluding hydrogens is 372 g/mol. The number of amides is 2. The third kappa shape index (κ3) is 4.09. The van der Waals surface area contributed by atoms with E-state index in [1.807, 2.05) is 71.4 Å². The highest BCUT2D eigenvalue weighted by Gasteiger charge is 2.30. The Kier molecular flexibility index (Phi) is 5.84. The van der Waals surface area contributed by atoms with E-state index in [0.717, 1.165) is 16.3 Å². The van der Waals surface area contributed by atoms with Gasteiger partial charge in [0.15, 0.2) is 0 Å². The van der Waals surface area contributed by atoms with Gasteiger partial charge in [0.05, 0.1) is 0 Å². The lowest BCUT2D eigenvalue weighted by Crippen LogP contribution is -2.43. The third-order valence-electron chi connectivity index (χ3n) is 6.20. The predicted octanol–water partition coefficient (Wildman–Crippen LogP) is 4.66. The van der Waals surface area contributed by atoms with Crippen molar-refractivity contribution in [3.63, 3.8) is 0 Å². The summed E-state index contributed by atoms with van der Waals surface area (Å²) >= 11 is 0. The number of carbonyl (C=O) groups is 2. The number of hydrogen-bond donors (Lipinski definition) is 0. The van der Waals surface area contributed by atoms with E-state index in [-0.39, 0.29) is 17.7 Å². The standard InChI is InChI=1S/C26H28N2O2/c1-19-8-3-4-10-22(19)18-27(2)25(29)21-14-16-28(17-15-21)26(30)24-13-7-11-20-9-5-6-12-23(20)24/h3-13,21H,14-18H2,1-2H3. The van der Waals surface area contributed by atoms with Gasteiger partial charge in [-0.25, -0.2) is 0 Å². The number of rotatable bonds is 4. The molecule has 1 heterocycles. The average molecular weight is 401 g/mol. The number of nitrogens with zero attached hydrogens (tertiary/aromatic N) is 2. The van der Waals surface area contributed by atoms with Crippen molar-refractivity contribution in [3.8, 4) is 0 Å². The van der Waals surface area contributed by atoms with Crippen LogP contribution in [0.15, 0.2) is 66.7 Å². The summed E-state index contributed by atoms with van der Waals surface area (Å²) in [5.41, 5.74) is 3.12. The molecule has 0 saturated carbocycles. The van der Waals surface area contributed by atoms with Gasteiger partial charge in [-0.05, 0) is 47.7 Å². The first-order valence-corrected chi connectivity index (χ1v) is 10.6. The van der Waals surface area contributed by atoms with E-state index >= 15 is 0 Å². The highest BCUT2D eigenvalue weighted by Crippen LogP contribution is 2.25. The van der Waals surface area contributed by atoms with Gasteiger partial charge in [-0.1, -0.05) is 60.7 Å². The number of piperidine rings is 1. The normalized spacial score (nSPS) is 14.7. The molecule has 0 unspecified atom stereocenters. The summed E-state index contributed by atoms with van der Waals surface area (Å²) in [4.78, 5) is 29.8. The van der Waals surface area contributed by atoms with Gasteiger partial charge < -0.3 is 9.80 Å². The van der Waals surface area contributed by atoms with Gasteiger partial charge in [0.2, 0.25) is 5.91 Å². The molecule has 1 aliphatic rings. The zero-order valence-electron chi connectivity index (χ0n) is 17.7. The predicted molar refractivity (Wildman–Crippen MR) is 120 cm³/mol. The van der Waals surface area contributed by atoms with E-state index in [0.29, 0.717) is 32.5 Å². The lowest BCUT2D eigenvalue weighted by Gasteiger charge is -2.33. The van der Waals surface area contributed by atoms with E-state index in [2.05, 4.69) is 19.1 Å². The molecule has 3 aromatic carbocycles. The van der Waals surface area contributed by atoms with Crippen LogP contribution in [0.5, 0.6) is 0 Å². The monoisotopic (exact) mass is 400 g/mol. The lowest BCUT2D eigenvalue weighted by atomic mass is 9.94. The van der Waals surface area contributed by atoms with Gasteiger partial charge in [0, 0.05) is 38.2 Å². The van der Waals surface area contributed by atoms with Gasteiger partial charge in [-0.2, -0.15) is 0 Å². The molecular formula is C26H28N2O2. The first-order chi connectivity index (χ1) is 14.5. The van der Waals surface area contributed by atoms with Crippen LogP contribution in [-0.4, -0.2) is 41.8 Å². The van der Waals surface area contributed by atoms with Crippen molar-refractivity contribution in [1.82, 2.24) is 9.80 Å². The zero-order chi connectivity index (χ0) is 21.1. The van der Waals surface area contributed by atoms with Crippen LogP contribution in [-0.2, 0) is 11.3 Å². The van der Waals surface area contributed by atoms with Crippen LogP contribution in [0.4, 0.5) is 0 Å². The molecule has 0 spiro atoms. The molecule has 0 radical (unpaired) electrons. The summed E-state index contributed by atoms with van der Waals surface area (Å²) in [5, 5.41) is 2.06. The van der Waals surface area contributed by atoms with E-state index < -0.39 is 0 Å². The van der Waals surface area contributed by atoms with Crippen molar-refractivity contribution in [3.05, 3.63) is 83.4 Å². The summed E-state index contributed by atoms with van der Waals surface area (Å²) in [5.74, 6) is 0.220. The largest absolute Gasteiger partial charge is 0.341 e. The summed E-state index contributed by atoms with van der Waals surface area (Å²) < 4.78 is 0. The maximum Gasteiger partial charge on any atom is 0.254 e. The van der Waals surface area contributed by atoms with Crippen molar-refractivity contribution < 1.29 is 9.59 Å². The summed E-state index contributed by atoms with van der Waals surface area (Å²) in [7, 11) is 1.88.